The van der Waals surface area contributed by atoms with Crippen molar-refractivity contribution in [2.24, 2.45) is 0 Å². The Labute approximate surface area is 132 Å². The monoisotopic (exact) mass is 376 g/mol. The third-order valence-corrected chi connectivity index (χ3v) is 4.22. The van der Waals surface area contributed by atoms with E-state index in [0.717, 1.165) is 28.5 Å². The van der Waals surface area contributed by atoms with Crippen LogP contribution in [0.5, 0.6) is 0 Å². The normalized spacial score (nSPS) is 13.6. The molecule has 120 valence electrons. The fraction of sp³-hybridized carbons (Fsp3) is 0.333. The fourth-order valence-corrected chi connectivity index (χ4v) is 2.92. The van der Waals surface area contributed by atoms with E-state index in [1.54, 1.807) is 0 Å². The smallest absolute Gasteiger partial charge is 0.293 e. The number of rotatable bonds is 7. The second kappa shape index (κ2) is 7.87. The van der Waals surface area contributed by atoms with Gasteiger partial charge in [0.25, 0.3) is 23.3 Å². The number of alkyl halides is 5. The Morgan fingerprint density at radius 3 is 2.50 bits per heavy atom. The maximum absolute atomic E-state index is 12.6. The Bertz CT molecular complexity index is 634. The van der Waals surface area contributed by atoms with Crippen LogP contribution in [0.25, 0.3) is 10.9 Å². The summed E-state index contributed by atoms with van der Waals surface area (Å²) in [4.78, 5) is 0. The lowest BCUT2D eigenvalue weighted by Crippen LogP contribution is -2.07. The highest BCUT2D eigenvalue weighted by atomic mass is 32.2. The molecule has 0 saturated heterocycles. The summed E-state index contributed by atoms with van der Waals surface area (Å²) in [6, 6.07) is 0. The first-order chi connectivity index (χ1) is 10.5. The molecule has 0 spiro atoms. The molecule has 5 nitrogen and oxygen atoms in total. The van der Waals surface area contributed by atoms with Crippen molar-refractivity contribution in [3.63, 3.8) is 0 Å². The molecule has 0 aliphatic rings. The number of nitrogens with zero attached hydrogens (tertiary/aromatic N) is 4. The van der Waals surface area contributed by atoms with E-state index in [2.05, 4.69) is 20.4 Å². The molecule has 13 heteroatoms. The molecule has 0 aliphatic carbocycles. The van der Waals surface area contributed by atoms with Crippen LogP contribution in [0.1, 0.15) is 0 Å². The third-order valence-electron chi connectivity index (χ3n) is 1.86. The van der Waals surface area contributed by atoms with Crippen molar-refractivity contribution in [2.45, 2.75) is 27.9 Å². The van der Waals surface area contributed by atoms with Gasteiger partial charge in [-0.25, -0.2) is 13.2 Å². The van der Waals surface area contributed by atoms with Gasteiger partial charge in [0.05, 0.1) is 0 Å². The van der Waals surface area contributed by atoms with E-state index in [4.69, 9.17) is 4.42 Å². The van der Waals surface area contributed by atoms with Gasteiger partial charge in [0, 0.05) is 11.8 Å². The molecule has 1 atom stereocenters. The summed E-state index contributed by atoms with van der Waals surface area (Å²) in [6.45, 7) is 0. The first kappa shape index (κ1) is 17.1. The lowest BCUT2D eigenvalue weighted by atomic mass is 10.4. The third kappa shape index (κ3) is 4.91. The summed E-state index contributed by atoms with van der Waals surface area (Å²) in [5.74, 6) is -2.78. The summed E-state index contributed by atoms with van der Waals surface area (Å²) in [5, 5.41) is 15.3. The molecule has 0 amide bonds. The van der Waals surface area contributed by atoms with Gasteiger partial charge in [0.2, 0.25) is 5.01 Å². The molecule has 0 aromatic carbocycles. The average Bonchev–Trinajstić information content (AvgIpc) is 3.06. The minimum absolute atomic E-state index is 0.0903. The Kier molecular flexibility index (Phi) is 6.14. The molecular weight excluding hydrogens is 371 g/mol. The van der Waals surface area contributed by atoms with Crippen LogP contribution in [-0.2, 0) is 0 Å². The zero-order valence-electron chi connectivity index (χ0n) is 10.2. The summed E-state index contributed by atoms with van der Waals surface area (Å²) in [6.07, 6.45) is -4.75. The van der Waals surface area contributed by atoms with Crippen LogP contribution in [0.4, 0.5) is 22.0 Å². The van der Waals surface area contributed by atoms with Crippen molar-refractivity contribution in [2.75, 3.05) is 0 Å². The highest BCUT2D eigenvalue weighted by Crippen LogP contribution is 2.32. The molecule has 0 aliphatic heterocycles. The van der Waals surface area contributed by atoms with Gasteiger partial charge >= 0.3 is 0 Å². The molecule has 2 heterocycles. The van der Waals surface area contributed by atoms with E-state index in [1.807, 2.05) is 0 Å². The molecule has 22 heavy (non-hydrogen) atoms. The van der Waals surface area contributed by atoms with Gasteiger partial charge in [-0.3, -0.25) is 0 Å². The molecule has 2 aromatic rings. The second-order valence-corrected chi connectivity index (χ2v) is 6.42. The zero-order valence-corrected chi connectivity index (χ0v) is 12.6. The minimum Gasteiger partial charge on any atom is -0.409 e. The first-order valence-corrected chi connectivity index (χ1v) is 7.91. The standard InChI is InChI=1S/C9H5F5N4OS3/c10-3(4(11)12)1-2-20-9-18-16-6(21-9)5-15-17-8(19-5)22-7(13)14/h1-4,7H. The summed E-state index contributed by atoms with van der Waals surface area (Å²) >= 11 is 1.93. The second-order valence-electron chi connectivity index (χ2n) is 3.35. The Morgan fingerprint density at radius 1 is 1.05 bits per heavy atom. The van der Waals surface area contributed by atoms with Gasteiger partial charge in [-0.2, -0.15) is 8.78 Å². The lowest BCUT2D eigenvalue weighted by Gasteiger charge is -1.97. The number of aromatic nitrogens is 4. The molecule has 0 N–H and O–H groups in total. The van der Waals surface area contributed by atoms with E-state index >= 15 is 0 Å². The van der Waals surface area contributed by atoms with Crippen LogP contribution in [-0.4, -0.2) is 38.7 Å². The largest absolute Gasteiger partial charge is 0.409 e. The minimum atomic E-state index is -3.09. The summed E-state index contributed by atoms with van der Waals surface area (Å²) in [7, 11) is 0. The van der Waals surface area contributed by atoms with Crippen LogP contribution >= 0.6 is 34.9 Å². The van der Waals surface area contributed by atoms with Crippen LogP contribution in [0.15, 0.2) is 25.5 Å². The van der Waals surface area contributed by atoms with Gasteiger partial charge in [0.1, 0.15) is 0 Å². The summed E-state index contributed by atoms with van der Waals surface area (Å²) < 4.78 is 66.0. The number of hydrogen-bond donors (Lipinski definition) is 0. The lowest BCUT2D eigenvalue weighted by molar-refractivity contribution is 0.0751. The van der Waals surface area contributed by atoms with E-state index in [9.17, 15) is 22.0 Å². The van der Waals surface area contributed by atoms with Crippen molar-refractivity contribution >= 4 is 34.9 Å². The van der Waals surface area contributed by atoms with Crippen molar-refractivity contribution in [3.05, 3.63) is 11.5 Å². The van der Waals surface area contributed by atoms with Crippen molar-refractivity contribution < 1.29 is 26.4 Å². The van der Waals surface area contributed by atoms with E-state index in [0.29, 0.717) is 10.4 Å². The predicted octanol–water partition coefficient (Wildman–Crippen LogP) is 4.11. The fourth-order valence-electron chi connectivity index (χ4n) is 1.02. The van der Waals surface area contributed by atoms with Gasteiger partial charge in [-0.1, -0.05) is 23.1 Å². The summed E-state index contributed by atoms with van der Waals surface area (Å²) in [5.41, 5.74) is 0. The van der Waals surface area contributed by atoms with E-state index in [1.165, 1.54) is 0 Å². The van der Waals surface area contributed by atoms with Crippen LogP contribution in [0.3, 0.4) is 0 Å². The maximum atomic E-state index is 12.6. The average molecular weight is 376 g/mol. The van der Waals surface area contributed by atoms with E-state index < -0.39 is 18.4 Å². The van der Waals surface area contributed by atoms with E-state index in [-0.39, 0.29) is 27.9 Å². The topological polar surface area (TPSA) is 64.7 Å². The Morgan fingerprint density at radius 2 is 1.82 bits per heavy atom. The Balaban J connectivity index is 1.98. The first-order valence-electron chi connectivity index (χ1n) is 5.33. The number of thioether (sulfide) groups is 2. The molecule has 0 saturated carbocycles. The molecule has 2 aromatic heterocycles. The van der Waals surface area contributed by atoms with Crippen LogP contribution < -0.4 is 0 Å². The van der Waals surface area contributed by atoms with Crippen molar-refractivity contribution in [3.8, 4) is 10.9 Å². The number of hydrogen-bond acceptors (Lipinski definition) is 8. The molecule has 0 bridgehead atoms. The van der Waals surface area contributed by atoms with Crippen LogP contribution in [0.2, 0.25) is 0 Å². The number of allylic oxidation sites excluding steroid dienone is 1. The quantitative estimate of drug-likeness (QED) is 0.532. The van der Waals surface area contributed by atoms with Crippen molar-refractivity contribution in [1.29, 1.82) is 0 Å². The molecule has 0 fully saturated rings. The Hall–Kier alpha value is -1.21. The number of halogens is 5. The van der Waals surface area contributed by atoms with Gasteiger partial charge in [-0.15, -0.1) is 20.4 Å². The predicted molar refractivity (Wildman–Crippen MR) is 71.0 cm³/mol. The van der Waals surface area contributed by atoms with Gasteiger partial charge in [0.15, 0.2) is 10.5 Å². The SMILES string of the molecule is FC(F)Sc1nnc(-c2nnc(SC=CC(F)C(F)F)s2)o1. The van der Waals surface area contributed by atoms with Gasteiger partial charge in [-0.05, 0) is 11.5 Å². The van der Waals surface area contributed by atoms with Crippen molar-refractivity contribution in [1.82, 2.24) is 20.4 Å². The van der Waals surface area contributed by atoms with Gasteiger partial charge < -0.3 is 4.42 Å². The molecule has 0 radical (unpaired) electrons. The molecule has 1 unspecified atom stereocenters. The molecular formula is C9H5F5N4OS3. The van der Waals surface area contributed by atoms with Crippen LogP contribution in [0, 0.1) is 0 Å². The molecule has 2 rings (SSSR count). The highest BCUT2D eigenvalue weighted by molar-refractivity contribution is 8.03. The maximum Gasteiger partial charge on any atom is 0.293 e. The highest BCUT2D eigenvalue weighted by Gasteiger charge is 2.18. The zero-order chi connectivity index (χ0) is 16.1.